The lowest BCUT2D eigenvalue weighted by molar-refractivity contribution is -0.137. The highest BCUT2D eigenvalue weighted by atomic mass is 19.4. The lowest BCUT2D eigenvalue weighted by Crippen LogP contribution is -2.19. The minimum absolute atomic E-state index is 0.165. The number of nitriles is 1. The van der Waals surface area contributed by atoms with Gasteiger partial charge in [0.1, 0.15) is 6.54 Å². The van der Waals surface area contributed by atoms with Crippen LogP contribution in [0.1, 0.15) is 22.3 Å². The number of aryl methyl sites for hydroxylation is 1. The van der Waals surface area contributed by atoms with Gasteiger partial charge in [-0.15, -0.1) is 0 Å². The maximum Gasteiger partial charge on any atom is 0.416 e. The van der Waals surface area contributed by atoms with Crippen molar-refractivity contribution in [2.75, 3.05) is 0 Å². The van der Waals surface area contributed by atoms with Gasteiger partial charge in [-0.25, -0.2) is 0 Å². The molecule has 0 atom stereocenters. The molecule has 3 rings (SSSR count). The number of alkyl halides is 3. The van der Waals surface area contributed by atoms with E-state index in [2.05, 4.69) is 4.99 Å². The molecular weight excluding hydrogens is 319 g/mol. The van der Waals surface area contributed by atoms with E-state index in [1.54, 1.807) is 13.1 Å². The van der Waals surface area contributed by atoms with Crippen molar-refractivity contribution in [3.63, 3.8) is 0 Å². The molecule has 122 valence electrons. The maximum absolute atomic E-state index is 13.2. The van der Waals surface area contributed by atoms with Crippen LogP contribution in [0, 0.1) is 18.3 Å². The van der Waals surface area contributed by atoms with E-state index in [1.807, 2.05) is 6.07 Å². The van der Waals surface area contributed by atoms with Crippen molar-refractivity contribution in [1.29, 1.82) is 5.26 Å². The highest BCUT2D eigenvalue weighted by Crippen LogP contribution is 2.37. The summed E-state index contributed by atoms with van der Waals surface area (Å²) < 4.78 is 40.7. The summed E-state index contributed by atoms with van der Waals surface area (Å²) >= 11 is 0. The monoisotopic (exact) mass is 331 g/mol. The molecule has 7 heteroatoms. The summed E-state index contributed by atoms with van der Waals surface area (Å²) in [4.78, 5) is 15.9. The van der Waals surface area contributed by atoms with Crippen molar-refractivity contribution in [2.45, 2.75) is 26.2 Å². The molecule has 1 aromatic carbocycles. The number of fused-ring (bicyclic) bond motifs is 1. The Labute approximate surface area is 135 Å². The number of halogens is 3. The molecule has 0 spiro atoms. The van der Waals surface area contributed by atoms with Gasteiger partial charge in [0.2, 0.25) is 0 Å². The zero-order chi connectivity index (χ0) is 17.5. The lowest BCUT2D eigenvalue weighted by atomic mass is 9.93. The van der Waals surface area contributed by atoms with Gasteiger partial charge in [-0.2, -0.15) is 18.4 Å². The quantitative estimate of drug-likeness (QED) is 0.848. The average molecular weight is 331 g/mol. The Hall–Kier alpha value is -2.88. The SMILES string of the molecule is Cc1cc(=O)n(CC#N)cc1-c1cc(C(F)(F)F)cc2c1C=NC2. The summed E-state index contributed by atoms with van der Waals surface area (Å²) in [5.41, 5.74) is 1.40. The standard InChI is InChI=1S/C17H12F3N3O/c1-10-4-16(24)23(3-2-21)9-15(10)13-6-12(17(18,19)20)5-11-7-22-8-14(11)13/h4-6,8-9H,3,7H2,1H3. The van der Waals surface area contributed by atoms with Gasteiger partial charge in [-0.05, 0) is 35.7 Å². The van der Waals surface area contributed by atoms with Crippen LogP contribution in [0.25, 0.3) is 11.1 Å². The normalized spacial score (nSPS) is 13.0. The molecule has 24 heavy (non-hydrogen) atoms. The fraction of sp³-hybridized carbons (Fsp3) is 0.235. The second-order valence-corrected chi connectivity index (χ2v) is 5.56. The van der Waals surface area contributed by atoms with Gasteiger partial charge in [0.15, 0.2) is 0 Å². The number of hydrogen-bond donors (Lipinski definition) is 0. The fourth-order valence-electron chi connectivity index (χ4n) is 2.77. The Morgan fingerprint density at radius 3 is 2.71 bits per heavy atom. The number of hydrogen-bond acceptors (Lipinski definition) is 3. The van der Waals surface area contributed by atoms with Crippen LogP contribution in [0.4, 0.5) is 13.2 Å². The smallest absolute Gasteiger partial charge is 0.301 e. The topological polar surface area (TPSA) is 58.1 Å². The second-order valence-electron chi connectivity index (χ2n) is 5.56. The molecule has 4 nitrogen and oxygen atoms in total. The Balaban J connectivity index is 2.29. The van der Waals surface area contributed by atoms with E-state index in [9.17, 15) is 18.0 Å². The molecule has 1 aromatic heterocycles. The van der Waals surface area contributed by atoms with Crippen molar-refractivity contribution in [3.8, 4) is 17.2 Å². The zero-order valence-corrected chi connectivity index (χ0v) is 12.7. The second kappa shape index (κ2) is 5.64. The predicted octanol–water partition coefficient (Wildman–Crippen LogP) is 3.30. The first kappa shape index (κ1) is 16.0. The average Bonchev–Trinajstić information content (AvgIpc) is 2.97. The molecular formula is C17H12F3N3O. The highest BCUT2D eigenvalue weighted by Gasteiger charge is 2.33. The first-order valence-corrected chi connectivity index (χ1v) is 7.13. The minimum Gasteiger partial charge on any atom is -0.301 e. The molecule has 2 aromatic rings. The molecule has 0 saturated heterocycles. The molecule has 0 unspecified atom stereocenters. The summed E-state index contributed by atoms with van der Waals surface area (Å²) in [6.07, 6.45) is -1.49. The molecule has 1 aliphatic rings. The van der Waals surface area contributed by atoms with Crippen LogP contribution in [0.2, 0.25) is 0 Å². The first-order chi connectivity index (χ1) is 11.3. The minimum atomic E-state index is -4.47. The van der Waals surface area contributed by atoms with Crippen LogP contribution >= 0.6 is 0 Å². The van der Waals surface area contributed by atoms with Crippen molar-refractivity contribution in [3.05, 3.63) is 57.0 Å². The number of rotatable bonds is 2. The predicted molar refractivity (Wildman–Crippen MR) is 82.8 cm³/mol. The van der Waals surface area contributed by atoms with E-state index in [4.69, 9.17) is 5.26 Å². The van der Waals surface area contributed by atoms with Gasteiger partial charge >= 0.3 is 6.18 Å². The van der Waals surface area contributed by atoms with Gasteiger partial charge in [0.25, 0.3) is 5.56 Å². The molecule has 0 radical (unpaired) electrons. The van der Waals surface area contributed by atoms with E-state index in [1.165, 1.54) is 16.8 Å². The Bertz CT molecular complexity index is 949. The first-order valence-electron chi connectivity index (χ1n) is 7.13. The summed E-state index contributed by atoms with van der Waals surface area (Å²) in [6, 6.07) is 5.37. The van der Waals surface area contributed by atoms with Crippen molar-refractivity contribution in [1.82, 2.24) is 4.57 Å². The molecule has 1 aliphatic heterocycles. The van der Waals surface area contributed by atoms with Gasteiger partial charge in [0, 0.05) is 29.6 Å². The number of benzene rings is 1. The number of aromatic nitrogens is 1. The van der Waals surface area contributed by atoms with Crippen LogP contribution in [-0.4, -0.2) is 10.8 Å². The summed E-state index contributed by atoms with van der Waals surface area (Å²) in [6.45, 7) is 1.69. The van der Waals surface area contributed by atoms with Gasteiger partial charge in [0.05, 0.1) is 18.2 Å². The third-order valence-corrected chi connectivity index (χ3v) is 3.94. The maximum atomic E-state index is 13.2. The van der Waals surface area contributed by atoms with E-state index >= 15 is 0 Å². The molecule has 0 aliphatic carbocycles. The largest absolute Gasteiger partial charge is 0.416 e. The van der Waals surface area contributed by atoms with Gasteiger partial charge < -0.3 is 4.57 Å². The molecule has 0 N–H and O–H groups in total. The Morgan fingerprint density at radius 2 is 2.04 bits per heavy atom. The van der Waals surface area contributed by atoms with Crippen LogP contribution in [0.15, 0.2) is 34.2 Å². The number of pyridine rings is 1. The van der Waals surface area contributed by atoms with Crippen molar-refractivity contribution < 1.29 is 13.2 Å². The zero-order valence-electron chi connectivity index (χ0n) is 12.7. The molecule has 0 saturated carbocycles. The highest BCUT2D eigenvalue weighted by molar-refractivity contribution is 5.94. The van der Waals surface area contributed by atoms with Gasteiger partial charge in [-0.1, -0.05) is 0 Å². The van der Waals surface area contributed by atoms with Gasteiger partial charge in [-0.3, -0.25) is 9.79 Å². The fourth-order valence-corrected chi connectivity index (χ4v) is 2.77. The molecule has 0 bridgehead atoms. The van der Waals surface area contributed by atoms with Crippen LogP contribution in [0.5, 0.6) is 0 Å². The third kappa shape index (κ3) is 2.71. The van der Waals surface area contributed by atoms with Crippen molar-refractivity contribution in [2.24, 2.45) is 4.99 Å². The molecule has 0 amide bonds. The van der Waals surface area contributed by atoms with Crippen LogP contribution < -0.4 is 5.56 Å². The van der Waals surface area contributed by atoms with E-state index in [0.29, 0.717) is 27.8 Å². The van der Waals surface area contributed by atoms with Crippen LogP contribution in [-0.2, 0) is 19.3 Å². The summed E-state index contributed by atoms with van der Waals surface area (Å²) in [5, 5.41) is 8.80. The lowest BCUT2D eigenvalue weighted by Gasteiger charge is -2.15. The molecule has 2 heterocycles. The van der Waals surface area contributed by atoms with Crippen LogP contribution in [0.3, 0.4) is 0 Å². The van der Waals surface area contributed by atoms with Crippen molar-refractivity contribution >= 4 is 6.21 Å². The van der Waals surface area contributed by atoms with E-state index in [-0.39, 0.29) is 18.6 Å². The Morgan fingerprint density at radius 1 is 1.29 bits per heavy atom. The molecule has 0 fully saturated rings. The summed E-state index contributed by atoms with van der Waals surface area (Å²) in [5.74, 6) is 0. The number of aliphatic imine (C=N–C) groups is 1. The number of nitrogens with zero attached hydrogens (tertiary/aromatic N) is 3. The third-order valence-electron chi connectivity index (χ3n) is 3.94. The van der Waals surface area contributed by atoms with E-state index < -0.39 is 11.7 Å². The Kier molecular flexibility index (Phi) is 3.76. The van der Waals surface area contributed by atoms with E-state index in [0.717, 1.165) is 12.1 Å². The summed E-state index contributed by atoms with van der Waals surface area (Å²) in [7, 11) is 0.